The lowest BCUT2D eigenvalue weighted by Crippen LogP contribution is -2.42. The summed E-state index contributed by atoms with van der Waals surface area (Å²) in [6, 6.07) is 12.0. The Morgan fingerprint density at radius 3 is 2.52 bits per heavy atom. The molecule has 0 saturated heterocycles. The van der Waals surface area contributed by atoms with E-state index in [4.69, 9.17) is 0 Å². The highest BCUT2D eigenvalue weighted by molar-refractivity contribution is 5.79. The van der Waals surface area contributed by atoms with Crippen molar-refractivity contribution in [3.05, 3.63) is 72.6 Å². The SMILES string of the molecule is CC(C)(NC(=O)Cc1ccc(-n2cccc2)cc1)c1ncc[nH]1. The molecule has 0 saturated carbocycles. The number of hydrogen-bond acceptors (Lipinski definition) is 2. The van der Waals surface area contributed by atoms with E-state index in [2.05, 4.69) is 15.3 Å². The summed E-state index contributed by atoms with van der Waals surface area (Å²) < 4.78 is 2.03. The Bertz CT molecular complexity index is 756. The van der Waals surface area contributed by atoms with Gasteiger partial charge in [0.15, 0.2) is 0 Å². The molecule has 118 valence electrons. The van der Waals surface area contributed by atoms with Crippen molar-refractivity contribution in [3.63, 3.8) is 0 Å². The van der Waals surface area contributed by atoms with Crippen LogP contribution in [0.5, 0.6) is 0 Å². The average molecular weight is 308 g/mol. The first-order valence-electron chi connectivity index (χ1n) is 7.58. The molecule has 2 aromatic heterocycles. The average Bonchev–Trinajstić information content (AvgIpc) is 3.21. The van der Waals surface area contributed by atoms with Crippen LogP contribution in [0.3, 0.4) is 0 Å². The van der Waals surface area contributed by atoms with E-state index >= 15 is 0 Å². The molecule has 23 heavy (non-hydrogen) atoms. The number of hydrogen-bond donors (Lipinski definition) is 2. The van der Waals surface area contributed by atoms with Gasteiger partial charge in [-0.05, 0) is 43.7 Å². The summed E-state index contributed by atoms with van der Waals surface area (Å²) >= 11 is 0. The van der Waals surface area contributed by atoms with Crippen LogP contribution in [0.25, 0.3) is 5.69 Å². The largest absolute Gasteiger partial charge is 0.347 e. The van der Waals surface area contributed by atoms with Crippen molar-refractivity contribution in [2.75, 3.05) is 0 Å². The molecule has 3 aromatic rings. The molecule has 0 spiro atoms. The third kappa shape index (κ3) is 3.51. The molecule has 0 aliphatic carbocycles. The van der Waals surface area contributed by atoms with Gasteiger partial charge in [-0.3, -0.25) is 4.79 Å². The van der Waals surface area contributed by atoms with Crippen LogP contribution < -0.4 is 5.32 Å². The molecule has 3 rings (SSSR count). The number of aromatic nitrogens is 3. The topological polar surface area (TPSA) is 62.7 Å². The number of benzene rings is 1. The van der Waals surface area contributed by atoms with Crippen LogP contribution in [0.2, 0.25) is 0 Å². The highest BCUT2D eigenvalue weighted by Gasteiger charge is 2.25. The Labute approximate surface area is 135 Å². The summed E-state index contributed by atoms with van der Waals surface area (Å²) in [7, 11) is 0. The van der Waals surface area contributed by atoms with Gasteiger partial charge in [-0.25, -0.2) is 4.98 Å². The molecule has 2 N–H and O–H groups in total. The number of nitrogens with one attached hydrogen (secondary N) is 2. The second-order valence-corrected chi connectivity index (χ2v) is 6.04. The van der Waals surface area contributed by atoms with Gasteiger partial charge in [0, 0.05) is 30.5 Å². The molecule has 1 amide bonds. The normalized spacial score (nSPS) is 11.4. The van der Waals surface area contributed by atoms with E-state index in [-0.39, 0.29) is 5.91 Å². The van der Waals surface area contributed by atoms with Gasteiger partial charge in [0.1, 0.15) is 5.82 Å². The van der Waals surface area contributed by atoms with Crippen molar-refractivity contribution in [1.82, 2.24) is 19.9 Å². The second kappa shape index (κ2) is 6.12. The van der Waals surface area contributed by atoms with E-state index in [1.165, 1.54) is 0 Å². The van der Waals surface area contributed by atoms with Crippen molar-refractivity contribution < 1.29 is 4.79 Å². The number of carbonyl (C=O) groups excluding carboxylic acids is 1. The molecule has 5 nitrogen and oxygen atoms in total. The minimum Gasteiger partial charge on any atom is -0.347 e. The van der Waals surface area contributed by atoms with Crippen LogP contribution in [0, 0.1) is 0 Å². The monoisotopic (exact) mass is 308 g/mol. The Hall–Kier alpha value is -2.82. The molecule has 0 unspecified atom stereocenters. The fourth-order valence-corrected chi connectivity index (χ4v) is 2.54. The number of carbonyl (C=O) groups is 1. The van der Waals surface area contributed by atoms with Crippen molar-refractivity contribution in [3.8, 4) is 5.69 Å². The number of H-pyrrole nitrogens is 1. The van der Waals surface area contributed by atoms with E-state index < -0.39 is 5.54 Å². The van der Waals surface area contributed by atoms with Crippen LogP contribution in [-0.2, 0) is 16.8 Å². The first-order valence-corrected chi connectivity index (χ1v) is 7.58. The fraction of sp³-hybridized carbons (Fsp3) is 0.222. The Morgan fingerprint density at radius 1 is 1.22 bits per heavy atom. The number of aromatic amines is 1. The van der Waals surface area contributed by atoms with Gasteiger partial charge in [-0.15, -0.1) is 0 Å². The summed E-state index contributed by atoms with van der Waals surface area (Å²) in [6.45, 7) is 3.86. The minimum atomic E-state index is -0.522. The molecular weight excluding hydrogens is 288 g/mol. The summed E-state index contributed by atoms with van der Waals surface area (Å²) in [5.41, 5.74) is 1.54. The first-order chi connectivity index (χ1) is 11.0. The zero-order valence-electron chi connectivity index (χ0n) is 13.3. The van der Waals surface area contributed by atoms with E-state index in [0.717, 1.165) is 17.1 Å². The second-order valence-electron chi connectivity index (χ2n) is 6.04. The van der Waals surface area contributed by atoms with E-state index in [1.807, 2.05) is 67.2 Å². The van der Waals surface area contributed by atoms with E-state index in [0.29, 0.717) is 6.42 Å². The van der Waals surface area contributed by atoms with Crippen LogP contribution in [0.15, 0.2) is 61.2 Å². The van der Waals surface area contributed by atoms with Crippen LogP contribution >= 0.6 is 0 Å². The maximum Gasteiger partial charge on any atom is 0.225 e. The third-order valence-electron chi connectivity index (χ3n) is 3.75. The van der Waals surface area contributed by atoms with E-state index in [1.54, 1.807) is 12.4 Å². The fourth-order valence-electron chi connectivity index (χ4n) is 2.54. The van der Waals surface area contributed by atoms with Crippen LogP contribution in [0.4, 0.5) is 0 Å². The van der Waals surface area contributed by atoms with Crippen molar-refractivity contribution in [1.29, 1.82) is 0 Å². The van der Waals surface area contributed by atoms with Crippen molar-refractivity contribution in [2.24, 2.45) is 0 Å². The highest BCUT2D eigenvalue weighted by Crippen LogP contribution is 2.16. The summed E-state index contributed by atoms with van der Waals surface area (Å²) in [5, 5.41) is 3.01. The van der Waals surface area contributed by atoms with Gasteiger partial charge >= 0.3 is 0 Å². The molecule has 1 aromatic carbocycles. The maximum absolute atomic E-state index is 12.3. The standard InChI is InChI=1S/C18H20N4O/c1-18(2,17-19-9-10-20-17)21-16(23)13-14-5-7-15(8-6-14)22-11-3-4-12-22/h3-12H,13H2,1-2H3,(H,19,20)(H,21,23). The van der Waals surface area contributed by atoms with Crippen molar-refractivity contribution in [2.45, 2.75) is 25.8 Å². The quantitative estimate of drug-likeness (QED) is 0.761. The number of rotatable bonds is 5. The van der Waals surface area contributed by atoms with Gasteiger partial charge in [-0.1, -0.05) is 12.1 Å². The Morgan fingerprint density at radius 2 is 1.91 bits per heavy atom. The summed E-state index contributed by atoms with van der Waals surface area (Å²) in [6.07, 6.45) is 7.77. The smallest absolute Gasteiger partial charge is 0.225 e. The maximum atomic E-state index is 12.3. The lowest BCUT2D eigenvalue weighted by molar-refractivity contribution is -0.122. The summed E-state index contributed by atoms with van der Waals surface area (Å²) in [5.74, 6) is 0.717. The predicted octanol–water partition coefficient (Wildman–Crippen LogP) is 2.79. The van der Waals surface area contributed by atoms with Gasteiger partial charge < -0.3 is 14.9 Å². The molecule has 0 aliphatic heterocycles. The lowest BCUT2D eigenvalue weighted by atomic mass is 10.0. The summed E-state index contributed by atoms with van der Waals surface area (Å²) in [4.78, 5) is 19.5. The molecule has 0 fully saturated rings. The first kappa shape index (κ1) is 15.1. The zero-order valence-corrected chi connectivity index (χ0v) is 13.3. The number of imidazole rings is 1. The highest BCUT2D eigenvalue weighted by atomic mass is 16.1. The van der Waals surface area contributed by atoms with Gasteiger partial charge in [0.05, 0.1) is 12.0 Å². The number of nitrogens with zero attached hydrogens (tertiary/aromatic N) is 2. The molecule has 2 heterocycles. The molecule has 0 bridgehead atoms. The molecule has 0 atom stereocenters. The van der Waals surface area contributed by atoms with Gasteiger partial charge in [-0.2, -0.15) is 0 Å². The van der Waals surface area contributed by atoms with Crippen LogP contribution in [-0.4, -0.2) is 20.4 Å². The van der Waals surface area contributed by atoms with E-state index in [9.17, 15) is 4.79 Å². The Balaban J connectivity index is 1.64. The molecule has 0 aliphatic rings. The Kier molecular flexibility index (Phi) is 4.02. The minimum absolute atomic E-state index is 0.0277. The molecular formula is C18H20N4O. The van der Waals surface area contributed by atoms with Gasteiger partial charge in [0.25, 0.3) is 0 Å². The predicted molar refractivity (Wildman–Crippen MR) is 89.2 cm³/mol. The molecule has 5 heteroatoms. The van der Waals surface area contributed by atoms with Crippen molar-refractivity contribution >= 4 is 5.91 Å². The van der Waals surface area contributed by atoms with Gasteiger partial charge in [0.2, 0.25) is 5.91 Å². The molecule has 0 radical (unpaired) electrons. The lowest BCUT2D eigenvalue weighted by Gasteiger charge is -2.24. The van der Waals surface area contributed by atoms with Crippen LogP contribution in [0.1, 0.15) is 25.2 Å². The third-order valence-corrected chi connectivity index (χ3v) is 3.75. The number of amides is 1. The zero-order chi connectivity index (χ0) is 16.3.